The van der Waals surface area contributed by atoms with Gasteiger partial charge in [0.05, 0.1) is 30.2 Å². The molecule has 0 atom stereocenters. The Hall–Kier alpha value is -3.01. The highest BCUT2D eigenvalue weighted by Gasteiger charge is 2.32. The predicted octanol–water partition coefficient (Wildman–Crippen LogP) is 0.558. The van der Waals surface area contributed by atoms with Crippen LogP contribution in [0.1, 0.15) is 17.6 Å². The molecule has 0 radical (unpaired) electrons. The van der Waals surface area contributed by atoms with E-state index in [0.29, 0.717) is 19.1 Å². The molecule has 10 heteroatoms. The number of hydrogen-bond donors (Lipinski definition) is 0. The fraction of sp³-hybridized carbons (Fsp3) is 0.471. The molecule has 0 aromatic carbocycles. The second-order valence-corrected chi connectivity index (χ2v) is 7.24. The zero-order valence-electron chi connectivity index (χ0n) is 15.4. The maximum Gasteiger partial charge on any atom is 0.324 e. The van der Waals surface area contributed by atoms with Crippen LogP contribution in [0.25, 0.3) is 5.65 Å². The maximum absolute atomic E-state index is 12.1. The number of urea groups is 1. The maximum atomic E-state index is 12.1. The smallest absolute Gasteiger partial charge is 0.324 e. The molecule has 140 valence electrons. The van der Waals surface area contributed by atoms with E-state index in [-0.39, 0.29) is 6.03 Å². The zero-order chi connectivity index (χ0) is 18.5. The molecule has 0 aliphatic carbocycles. The van der Waals surface area contributed by atoms with Gasteiger partial charge in [0.25, 0.3) is 0 Å². The second kappa shape index (κ2) is 6.02. The molecule has 2 fully saturated rings. The Morgan fingerprint density at radius 1 is 1.19 bits per heavy atom. The fourth-order valence-corrected chi connectivity index (χ4v) is 3.62. The monoisotopic (exact) mass is 367 g/mol. The van der Waals surface area contributed by atoms with E-state index >= 15 is 0 Å². The minimum absolute atomic E-state index is 0.0336. The summed E-state index contributed by atoms with van der Waals surface area (Å²) < 4.78 is 3.77. The predicted molar refractivity (Wildman–Crippen MR) is 97.4 cm³/mol. The number of hydrogen-bond acceptors (Lipinski definition) is 6. The van der Waals surface area contributed by atoms with E-state index in [1.165, 1.54) is 0 Å². The van der Waals surface area contributed by atoms with Gasteiger partial charge in [0, 0.05) is 39.4 Å². The van der Waals surface area contributed by atoms with Gasteiger partial charge in [-0.25, -0.2) is 4.79 Å². The number of fused-ring (bicyclic) bond motifs is 1. The number of likely N-dealkylation sites (N-methyl/N-ethyl adjacent to an activating group) is 1. The van der Waals surface area contributed by atoms with Gasteiger partial charge in [0.1, 0.15) is 0 Å². The summed E-state index contributed by atoms with van der Waals surface area (Å²) in [6.45, 7) is 5.90. The van der Waals surface area contributed by atoms with Crippen molar-refractivity contribution in [2.45, 2.75) is 19.5 Å². The van der Waals surface area contributed by atoms with Crippen molar-refractivity contribution >= 4 is 17.4 Å². The molecule has 3 aromatic heterocycles. The van der Waals surface area contributed by atoms with E-state index in [1.807, 2.05) is 41.5 Å². The lowest BCUT2D eigenvalue weighted by atomic mass is 10.1. The fourth-order valence-electron chi connectivity index (χ4n) is 3.62. The second-order valence-electron chi connectivity index (χ2n) is 7.24. The summed E-state index contributed by atoms with van der Waals surface area (Å²) in [6, 6.07) is 4.21. The van der Waals surface area contributed by atoms with Crippen molar-refractivity contribution in [3.05, 3.63) is 36.0 Å². The van der Waals surface area contributed by atoms with Crippen LogP contribution in [-0.4, -0.2) is 78.6 Å². The molecule has 3 aromatic rings. The molecule has 5 heterocycles. The molecule has 27 heavy (non-hydrogen) atoms. The van der Waals surface area contributed by atoms with Gasteiger partial charge in [0.2, 0.25) is 0 Å². The lowest BCUT2D eigenvalue weighted by Crippen LogP contribution is -2.47. The number of anilines is 1. The van der Waals surface area contributed by atoms with Gasteiger partial charge in [-0.05, 0) is 19.1 Å². The largest absolute Gasteiger partial charge is 0.326 e. The first-order valence-electron chi connectivity index (χ1n) is 9.05. The first-order chi connectivity index (χ1) is 13.1. The first-order valence-corrected chi connectivity index (χ1v) is 9.05. The molecule has 2 saturated heterocycles. The molecule has 2 aliphatic rings. The van der Waals surface area contributed by atoms with Crippen molar-refractivity contribution in [3.63, 3.8) is 0 Å². The van der Waals surface area contributed by atoms with E-state index < -0.39 is 0 Å². The Balaban J connectivity index is 1.23. The lowest BCUT2D eigenvalue weighted by molar-refractivity contribution is 0.0874. The molecule has 10 nitrogen and oxygen atoms in total. The van der Waals surface area contributed by atoms with Crippen LogP contribution in [0, 0.1) is 6.92 Å². The number of carbonyl (C=O) groups is 1. The van der Waals surface area contributed by atoms with Crippen molar-refractivity contribution in [1.29, 1.82) is 0 Å². The van der Waals surface area contributed by atoms with Crippen LogP contribution < -0.4 is 4.90 Å². The first kappa shape index (κ1) is 16.2. The van der Waals surface area contributed by atoms with Crippen LogP contribution in [0.3, 0.4) is 0 Å². The third-order valence-electron chi connectivity index (χ3n) is 5.25. The van der Waals surface area contributed by atoms with E-state index in [1.54, 1.807) is 16.0 Å². The Morgan fingerprint density at radius 2 is 2.04 bits per heavy atom. The van der Waals surface area contributed by atoms with Crippen molar-refractivity contribution in [2.75, 3.05) is 38.1 Å². The molecule has 2 aliphatic heterocycles. The summed E-state index contributed by atoms with van der Waals surface area (Å²) in [5, 5.41) is 17.4. The molecule has 2 amide bonds. The lowest BCUT2D eigenvalue weighted by Gasteiger charge is -2.38. The van der Waals surface area contributed by atoms with Crippen molar-refractivity contribution < 1.29 is 4.79 Å². The summed E-state index contributed by atoms with van der Waals surface area (Å²) >= 11 is 0. The third-order valence-corrected chi connectivity index (χ3v) is 5.25. The van der Waals surface area contributed by atoms with E-state index in [0.717, 1.165) is 42.5 Å². The summed E-state index contributed by atoms with van der Waals surface area (Å²) in [6.07, 6.45) is 3.74. The number of rotatable bonds is 4. The quantitative estimate of drug-likeness (QED) is 0.670. The van der Waals surface area contributed by atoms with Crippen molar-refractivity contribution in [3.8, 4) is 0 Å². The molecule has 0 spiro atoms. The van der Waals surface area contributed by atoms with Crippen LogP contribution in [0.5, 0.6) is 0 Å². The Kier molecular flexibility index (Phi) is 3.61. The van der Waals surface area contributed by atoms with Gasteiger partial charge < -0.3 is 4.90 Å². The summed E-state index contributed by atoms with van der Waals surface area (Å²) in [4.78, 5) is 17.9. The summed E-state index contributed by atoms with van der Waals surface area (Å²) in [5.74, 6) is 0.846. The van der Waals surface area contributed by atoms with Crippen LogP contribution >= 0.6 is 0 Å². The molecule has 5 rings (SSSR count). The Morgan fingerprint density at radius 3 is 2.81 bits per heavy atom. The molecule has 0 bridgehead atoms. The molecule has 0 saturated carbocycles. The van der Waals surface area contributed by atoms with Crippen molar-refractivity contribution in [1.82, 2.24) is 39.4 Å². The number of aromatic nitrogens is 6. The molecule has 0 unspecified atom stereocenters. The standard InChI is InChI=1S/C17H21N9O/c1-12-3-4-15-19-20-16(26(15)21-12)11-23-8-14(9-23)25-10-13(7-18-25)24-6-5-22(2)17(24)27/h3-4,7,10,14H,5-6,8-9,11H2,1-2H3. The topological polar surface area (TPSA) is 87.7 Å². The van der Waals surface area contributed by atoms with Crippen LogP contribution in [0.4, 0.5) is 10.5 Å². The van der Waals surface area contributed by atoms with Crippen LogP contribution in [0.2, 0.25) is 0 Å². The summed E-state index contributed by atoms with van der Waals surface area (Å²) in [5.41, 5.74) is 2.58. The average molecular weight is 367 g/mol. The van der Waals surface area contributed by atoms with E-state index in [9.17, 15) is 4.79 Å². The highest BCUT2D eigenvalue weighted by atomic mass is 16.2. The minimum atomic E-state index is 0.0336. The number of aryl methyl sites for hydroxylation is 1. The van der Waals surface area contributed by atoms with Crippen LogP contribution in [-0.2, 0) is 6.54 Å². The van der Waals surface area contributed by atoms with Gasteiger partial charge in [-0.3, -0.25) is 14.5 Å². The number of amides is 2. The zero-order valence-corrected chi connectivity index (χ0v) is 15.4. The Bertz CT molecular complexity index is 1000. The average Bonchev–Trinajstić information content (AvgIpc) is 3.31. The van der Waals surface area contributed by atoms with Gasteiger partial charge in [-0.1, -0.05) is 0 Å². The normalized spacial score (nSPS) is 18.7. The van der Waals surface area contributed by atoms with Gasteiger partial charge in [-0.2, -0.15) is 14.7 Å². The summed E-state index contributed by atoms with van der Waals surface area (Å²) in [7, 11) is 1.82. The minimum Gasteiger partial charge on any atom is -0.326 e. The molecular formula is C17H21N9O. The highest BCUT2D eigenvalue weighted by molar-refractivity contribution is 5.93. The molecular weight excluding hydrogens is 346 g/mol. The van der Waals surface area contributed by atoms with Gasteiger partial charge in [0.15, 0.2) is 11.5 Å². The third kappa shape index (κ3) is 2.72. The van der Waals surface area contributed by atoms with Crippen molar-refractivity contribution in [2.24, 2.45) is 0 Å². The number of carbonyl (C=O) groups excluding carboxylic acids is 1. The van der Waals surface area contributed by atoms with Crippen LogP contribution in [0.15, 0.2) is 24.5 Å². The van der Waals surface area contributed by atoms with Gasteiger partial charge >= 0.3 is 6.03 Å². The Labute approximate surface area is 156 Å². The SMILES string of the molecule is Cc1ccc2nnc(CN3CC(n4cc(N5CCN(C)C5=O)cn4)C3)n2n1. The molecule has 0 N–H and O–H groups in total. The number of nitrogens with zero attached hydrogens (tertiary/aromatic N) is 9. The van der Waals surface area contributed by atoms with E-state index in [4.69, 9.17) is 0 Å². The van der Waals surface area contributed by atoms with Gasteiger partial charge in [-0.15, -0.1) is 10.2 Å². The van der Waals surface area contributed by atoms with E-state index in [2.05, 4.69) is 25.3 Å². The number of likely N-dealkylation sites (tertiary alicyclic amines) is 1. The highest BCUT2D eigenvalue weighted by Crippen LogP contribution is 2.26.